The normalized spacial score (nSPS) is 17.1. The summed E-state index contributed by atoms with van der Waals surface area (Å²) in [5, 5.41) is 10.3. The van der Waals surface area contributed by atoms with Crippen LogP contribution >= 0.6 is 11.3 Å². The molecule has 1 amide bonds. The van der Waals surface area contributed by atoms with Crippen LogP contribution in [0.4, 0.5) is 18.9 Å². The molecule has 0 bridgehead atoms. The molecule has 1 N–H and O–H groups in total. The summed E-state index contributed by atoms with van der Waals surface area (Å²) >= 11 is 0.882. The van der Waals surface area contributed by atoms with Crippen molar-refractivity contribution in [3.8, 4) is 0 Å². The van der Waals surface area contributed by atoms with E-state index in [1.165, 1.54) is 24.3 Å². The van der Waals surface area contributed by atoms with Gasteiger partial charge in [-0.05, 0) is 37.1 Å². The Morgan fingerprint density at radius 3 is 2.58 bits per heavy atom. The number of halogens is 3. The molecular weight excluding hydrogens is 453 g/mol. The number of hydrogen-bond donors (Lipinski definition) is 1. The number of nitrogens with zero attached hydrogens (tertiary/aromatic N) is 3. The standard InChI is InChI=1S/C19H15F3N4O3S2/c20-12-8-7-11(10-14(12)22)23-17(27)19-25-24-18(30-19)15-5-3-9-26(15)31(28,29)16-6-2-1-4-13(16)21/h1-2,4,6-8,10,15H,3,5,9H2,(H,23,27)/t15-/m0/s1. The predicted octanol–water partition coefficient (Wildman–Crippen LogP) is 3.73. The number of carbonyl (C=O) groups is 1. The Kier molecular flexibility index (Phi) is 5.77. The van der Waals surface area contributed by atoms with Crippen LogP contribution in [0.5, 0.6) is 0 Å². The van der Waals surface area contributed by atoms with Crippen LogP contribution in [0.2, 0.25) is 0 Å². The lowest BCUT2D eigenvalue weighted by Gasteiger charge is -2.22. The SMILES string of the molecule is O=C(Nc1ccc(F)c(F)c1)c1nnc([C@@H]2CCCN2S(=O)(=O)c2ccccc2F)s1. The number of hydrogen-bond acceptors (Lipinski definition) is 6. The van der Waals surface area contributed by atoms with Gasteiger partial charge in [0.1, 0.15) is 15.7 Å². The number of anilines is 1. The van der Waals surface area contributed by atoms with E-state index in [9.17, 15) is 26.4 Å². The zero-order valence-electron chi connectivity index (χ0n) is 15.8. The third-order valence-corrected chi connectivity index (χ3v) is 7.69. The first kappa shape index (κ1) is 21.4. The van der Waals surface area contributed by atoms with Gasteiger partial charge in [-0.15, -0.1) is 10.2 Å². The highest BCUT2D eigenvalue weighted by atomic mass is 32.2. The van der Waals surface area contributed by atoms with Gasteiger partial charge < -0.3 is 5.32 Å². The lowest BCUT2D eigenvalue weighted by molar-refractivity contribution is 0.102. The number of nitrogens with one attached hydrogen (secondary N) is 1. The second-order valence-corrected chi connectivity index (χ2v) is 9.60. The van der Waals surface area contributed by atoms with E-state index in [1.807, 2.05) is 0 Å². The Hall–Kier alpha value is -2.83. The first-order valence-electron chi connectivity index (χ1n) is 9.13. The summed E-state index contributed by atoms with van der Waals surface area (Å²) in [4.78, 5) is 12.0. The number of benzene rings is 2. The molecule has 1 aliphatic heterocycles. The Balaban J connectivity index is 1.56. The van der Waals surface area contributed by atoms with Gasteiger partial charge in [0, 0.05) is 18.3 Å². The second-order valence-electron chi connectivity index (χ2n) is 6.73. The van der Waals surface area contributed by atoms with Crippen molar-refractivity contribution in [1.82, 2.24) is 14.5 Å². The number of sulfonamides is 1. The summed E-state index contributed by atoms with van der Waals surface area (Å²) < 4.78 is 67.6. The highest BCUT2D eigenvalue weighted by Crippen LogP contribution is 2.38. The van der Waals surface area contributed by atoms with Gasteiger partial charge in [-0.3, -0.25) is 4.79 Å². The lowest BCUT2D eigenvalue weighted by atomic mass is 10.2. The molecule has 4 rings (SSSR count). The van der Waals surface area contributed by atoms with Gasteiger partial charge in [-0.2, -0.15) is 4.31 Å². The van der Waals surface area contributed by atoms with E-state index < -0.39 is 44.3 Å². The minimum Gasteiger partial charge on any atom is -0.320 e. The number of carbonyl (C=O) groups excluding carboxylic acids is 1. The van der Waals surface area contributed by atoms with Crippen molar-refractivity contribution in [1.29, 1.82) is 0 Å². The smallest absolute Gasteiger partial charge is 0.286 e. The first-order chi connectivity index (χ1) is 14.8. The molecular formula is C19H15F3N4O3S2. The van der Waals surface area contributed by atoms with Crippen molar-refractivity contribution >= 4 is 33.0 Å². The number of rotatable bonds is 5. The molecule has 1 aromatic heterocycles. The molecule has 162 valence electrons. The van der Waals surface area contributed by atoms with Crippen LogP contribution in [0, 0.1) is 17.5 Å². The van der Waals surface area contributed by atoms with Gasteiger partial charge in [0.15, 0.2) is 11.6 Å². The molecule has 12 heteroatoms. The molecule has 3 aromatic rings. The van der Waals surface area contributed by atoms with Crippen LogP contribution in [-0.2, 0) is 10.0 Å². The van der Waals surface area contributed by atoms with Gasteiger partial charge in [-0.25, -0.2) is 21.6 Å². The molecule has 7 nitrogen and oxygen atoms in total. The predicted molar refractivity (Wildman–Crippen MR) is 106 cm³/mol. The van der Waals surface area contributed by atoms with E-state index in [1.54, 1.807) is 0 Å². The molecule has 31 heavy (non-hydrogen) atoms. The summed E-state index contributed by atoms with van der Waals surface area (Å²) in [5.74, 6) is -3.71. The fourth-order valence-corrected chi connectivity index (χ4v) is 5.95. The molecule has 1 saturated heterocycles. The van der Waals surface area contributed by atoms with Crippen molar-refractivity contribution < 1.29 is 26.4 Å². The summed E-state index contributed by atoms with van der Waals surface area (Å²) in [7, 11) is -4.12. The van der Waals surface area contributed by atoms with Crippen molar-refractivity contribution in [3.63, 3.8) is 0 Å². The van der Waals surface area contributed by atoms with E-state index in [4.69, 9.17) is 0 Å². The van der Waals surface area contributed by atoms with Crippen LogP contribution in [0.1, 0.15) is 33.7 Å². The highest BCUT2D eigenvalue weighted by Gasteiger charge is 2.39. The Morgan fingerprint density at radius 1 is 1.06 bits per heavy atom. The van der Waals surface area contributed by atoms with Gasteiger partial charge in [0.05, 0.1) is 6.04 Å². The van der Waals surface area contributed by atoms with Gasteiger partial charge >= 0.3 is 0 Å². The van der Waals surface area contributed by atoms with E-state index in [0.717, 1.165) is 33.8 Å². The molecule has 0 radical (unpaired) electrons. The minimum absolute atomic E-state index is 0.0327. The summed E-state index contributed by atoms with van der Waals surface area (Å²) in [5.41, 5.74) is 0.0327. The molecule has 1 fully saturated rings. The molecule has 2 aromatic carbocycles. The van der Waals surface area contributed by atoms with Crippen molar-refractivity contribution in [2.45, 2.75) is 23.8 Å². The molecule has 0 aliphatic carbocycles. The van der Waals surface area contributed by atoms with E-state index in [2.05, 4.69) is 15.5 Å². The molecule has 2 heterocycles. The highest BCUT2D eigenvalue weighted by molar-refractivity contribution is 7.89. The average molecular weight is 468 g/mol. The van der Waals surface area contributed by atoms with Crippen LogP contribution in [0.25, 0.3) is 0 Å². The van der Waals surface area contributed by atoms with Gasteiger partial charge in [0.25, 0.3) is 5.91 Å². The van der Waals surface area contributed by atoms with Gasteiger partial charge in [-0.1, -0.05) is 23.5 Å². The van der Waals surface area contributed by atoms with Crippen LogP contribution in [0.3, 0.4) is 0 Å². The fraction of sp³-hybridized carbons (Fsp3) is 0.211. The molecule has 1 aliphatic rings. The zero-order valence-corrected chi connectivity index (χ0v) is 17.4. The summed E-state index contributed by atoms with van der Waals surface area (Å²) in [6.07, 6.45) is 0.974. The Labute approximate surface area is 179 Å². The van der Waals surface area contributed by atoms with Crippen molar-refractivity contribution in [2.24, 2.45) is 0 Å². The van der Waals surface area contributed by atoms with Gasteiger partial charge in [0.2, 0.25) is 15.0 Å². The maximum absolute atomic E-state index is 14.1. The fourth-order valence-electron chi connectivity index (χ4n) is 3.27. The minimum atomic E-state index is -4.12. The topological polar surface area (TPSA) is 92.3 Å². The van der Waals surface area contributed by atoms with E-state index in [-0.39, 0.29) is 22.2 Å². The average Bonchev–Trinajstić information content (AvgIpc) is 3.40. The maximum Gasteiger partial charge on any atom is 0.286 e. The third-order valence-electron chi connectivity index (χ3n) is 4.72. The Morgan fingerprint density at radius 2 is 1.84 bits per heavy atom. The largest absolute Gasteiger partial charge is 0.320 e. The number of aromatic nitrogens is 2. The monoisotopic (exact) mass is 468 g/mol. The third kappa shape index (κ3) is 4.18. The van der Waals surface area contributed by atoms with Crippen LogP contribution < -0.4 is 5.32 Å². The molecule has 1 atom stereocenters. The first-order valence-corrected chi connectivity index (χ1v) is 11.4. The van der Waals surface area contributed by atoms with E-state index in [0.29, 0.717) is 12.8 Å². The quantitative estimate of drug-likeness (QED) is 0.616. The number of amides is 1. The van der Waals surface area contributed by atoms with Crippen LogP contribution in [-0.4, -0.2) is 35.4 Å². The molecule has 0 spiro atoms. The summed E-state index contributed by atoms with van der Waals surface area (Å²) in [6, 6.07) is 7.31. The van der Waals surface area contributed by atoms with Crippen molar-refractivity contribution in [2.75, 3.05) is 11.9 Å². The Bertz CT molecular complexity index is 1250. The van der Waals surface area contributed by atoms with Crippen molar-refractivity contribution in [3.05, 3.63) is 69.9 Å². The second kappa shape index (κ2) is 8.36. The summed E-state index contributed by atoms with van der Waals surface area (Å²) in [6.45, 7) is 0.178. The molecule has 0 unspecified atom stereocenters. The zero-order chi connectivity index (χ0) is 22.2. The lowest BCUT2D eigenvalue weighted by Crippen LogP contribution is -2.31. The van der Waals surface area contributed by atoms with E-state index >= 15 is 0 Å². The maximum atomic E-state index is 14.1. The molecule has 0 saturated carbocycles. The van der Waals surface area contributed by atoms with Crippen LogP contribution in [0.15, 0.2) is 47.4 Å².